The van der Waals surface area contributed by atoms with Crippen LogP contribution in [0.4, 0.5) is 4.39 Å². The Kier molecular flexibility index (Phi) is 5.26. The summed E-state index contributed by atoms with van der Waals surface area (Å²) in [6, 6.07) is 15.5. The second-order valence-corrected chi connectivity index (χ2v) is 7.76. The van der Waals surface area contributed by atoms with Crippen molar-refractivity contribution in [1.29, 1.82) is 0 Å². The van der Waals surface area contributed by atoms with E-state index >= 15 is 0 Å². The van der Waals surface area contributed by atoms with E-state index in [0.29, 0.717) is 6.61 Å². The summed E-state index contributed by atoms with van der Waals surface area (Å²) in [6.45, 7) is 10.9. The number of benzene rings is 2. The Morgan fingerprint density at radius 1 is 0.826 bits per heavy atom. The number of ether oxygens (including phenoxy) is 1. The van der Waals surface area contributed by atoms with Crippen LogP contribution in [0.25, 0.3) is 0 Å². The molecule has 124 valence electrons. The molecule has 0 aromatic heterocycles. The Bertz CT molecular complexity index is 636. The Labute approximate surface area is 139 Å². The molecule has 0 saturated heterocycles. The molecule has 1 nitrogen and oxygen atoms in total. The summed E-state index contributed by atoms with van der Waals surface area (Å²) in [5.74, 6) is -0.132. The van der Waals surface area contributed by atoms with Gasteiger partial charge in [0.25, 0.3) is 0 Å². The zero-order valence-corrected chi connectivity index (χ0v) is 14.8. The van der Waals surface area contributed by atoms with Crippen LogP contribution in [0.1, 0.15) is 51.3 Å². The third-order valence-electron chi connectivity index (χ3n) is 3.94. The molecule has 0 fully saturated rings. The van der Waals surface area contributed by atoms with Crippen molar-refractivity contribution in [3.05, 3.63) is 71.0 Å². The predicted octanol–water partition coefficient (Wildman–Crippen LogP) is 5.66. The second kappa shape index (κ2) is 6.84. The molecule has 2 aromatic carbocycles. The molecule has 2 rings (SSSR count). The first kappa shape index (κ1) is 17.7. The van der Waals surface area contributed by atoms with Crippen molar-refractivity contribution in [2.75, 3.05) is 0 Å². The van der Waals surface area contributed by atoms with Crippen molar-refractivity contribution in [3.63, 3.8) is 0 Å². The molecule has 2 aromatic rings. The van der Waals surface area contributed by atoms with E-state index < -0.39 is 0 Å². The smallest absolute Gasteiger partial charge is 0.126 e. The number of rotatable bonds is 5. The van der Waals surface area contributed by atoms with E-state index in [9.17, 15) is 4.39 Å². The summed E-state index contributed by atoms with van der Waals surface area (Å²) in [7, 11) is 0. The first-order valence-electron chi connectivity index (χ1n) is 8.14. The maximum absolute atomic E-state index is 14.0. The van der Waals surface area contributed by atoms with Crippen LogP contribution in [0.15, 0.2) is 48.5 Å². The molecular formula is C21H27FO. The normalized spacial score (nSPS) is 12.4. The maximum atomic E-state index is 14.0. The lowest BCUT2D eigenvalue weighted by atomic mass is 9.79. The lowest BCUT2D eigenvalue weighted by Gasteiger charge is -2.26. The largest absolute Gasteiger partial charge is 0.371 e. The fraction of sp³-hybridized carbons (Fsp3) is 0.429. The second-order valence-electron chi connectivity index (χ2n) is 7.76. The lowest BCUT2D eigenvalue weighted by molar-refractivity contribution is -0.0149. The van der Waals surface area contributed by atoms with Crippen LogP contribution in [0, 0.1) is 5.82 Å². The van der Waals surface area contributed by atoms with Gasteiger partial charge in [-0.2, -0.15) is 0 Å². The fourth-order valence-electron chi connectivity index (χ4n) is 2.67. The lowest BCUT2D eigenvalue weighted by Crippen LogP contribution is -2.22. The minimum absolute atomic E-state index is 0.132. The summed E-state index contributed by atoms with van der Waals surface area (Å²) >= 11 is 0. The van der Waals surface area contributed by atoms with Gasteiger partial charge in [-0.1, -0.05) is 56.3 Å². The monoisotopic (exact) mass is 314 g/mol. The highest BCUT2D eigenvalue weighted by molar-refractivity contribution is 5.30. The van der Waals surface area contributed by atoms with Gasteiger partial charge in [0, 0.05) is 0 Å². The third kappa shape index (κ3) is 5.18. The molecule has 0 saturated carbocycles. The van der Waals surface area contributed by atoms with E-state index in [0.717, 1.165) is 17.5 Å². The van der Waals surface area contributed by atoms with E-state index in [1.165, 1.54) is 11.6 Å². The van der Waals surface area contributed by atoms with Gasteiger partial charge >= 0.3 is 0 Å². The average molecular weight is 314 g/mol. The molecule has 0 atom stereocenters. The van der Waals surface area contributed by atoms with Crippen LogP contribution in [-0.2, 0) is 23.2 Å². The highest BCUT2D eigenvalue weighted by Crippen LogP contribution is 2.29. The van der Waals surface area contributed by atoms with Crippen molar-refractivity contribution in [2.24, 2.45) is 0 Å². The van der Waals surface area contributed by atoms with Crippen molar-refractivity contribution in [2.45, 2.75) is 58.7 Å². The van der Waals surface area contributed by atoms with Crippen LogP contribution in [0.5, 0.6) is 0 Å². The molecule has 0 spiro atoms. The Hall–Kier alpha value is -1.67. The summed E-state index contributed by atoms with van der Waals surface area (Å²) in [4.78, 5) is 0. The van der Waals surface area contributed by atoms with Crippen LogP contribution < -0.4 is 0 Å². The quantitative estimate of drug-likeness (QED) is 0.692. The summed E-state index contributed by atoms with van der Waals surface area (Å²) in [5, 5.41) is 0. The van der Waals surface area contributed by atoms with E-state index in [-0.39, 0.29) is 16.8 Å². The average Bonchev–Trinajstić information content (AvgIpc) is 2.45. The Morgan fingerprint density at radius 3 is 1.96 bits per heavy atom. The van der Waals surface area contributed by atoms with Gasteiger partial charge in [-0.25, -0.2) is 4.39 Å². The summed E-state index contributed by atoms with van der Waals surface area (Å²) in [5.41, 5.74) is 2.76. The summed E-state index contributed by atoms with van der Waals surface area (Å²) in [6.07, 6.45) is 0.800. The molecule has 0 radical (unpaired) electrons. The molecule has 2 heteroatoms. The van der Waals surface area contributed by atoms with Crippen LogP contribution in [-0.4, -0.2) is 5.60 Å². The van der Waals surface area contributed by atoms with Gasteiger partial charge in [0.2, 0.25) is 0 Å². The molecule has 0 aliphatic carbocycles. The van der Waals surface area contributed by atoms with Gasteiger partial charge in [-0.15, -0.1) is 0 Å². The topological polar surface area (TPSA) is 9.23 Å². The number of hydrogen-bond donors (Lipinski definition) is 0. The number of hydrogen-bond acceptors (Lipinski definition) is 1. The van der Waals surface area contributed by atoms with Crippen molar-refractivity contribution in [1.82, 2.24) is 0 Å². The SMILES string of the molecule is CC(C)(C)OCc1ccc(CC(C)(C)c2ccccc2F)cc1. The Morgan fingerprint density at radius 2 is 1.39 bits per heavy atom. The molecule has 0 unspecified atom stereocenters. The van der Waals surface area contributed by atoms with Gasteiger partial charge in [0.05, 0.1) is 12.2 Å². The highest BCUT2D eigenvalue weighted by atomic mass is 19.1. The summed E-state index contributed by atoms with van der Waals surface area (Å²) < 4.78 is 19.8. The molecule has 0 amide bonds. The van der Waals surface area contributed by atoms with Gasteiger partial charge in [0.15, 0.2) is 0 Å². The van der Waals surface area contributed by atoms with Gasteiger partial charge in [-0.3, -0.25) is 0 Å². The fourth-order valence-corrected chi connectivity index (χ4v) is 2.67. The van der Waals surface area contributed by atoms with E-state index in [2.05, 4.69) is 58.9 Å². The molecule has 0 N–H and O–H groups in total. The minimum Gasteiger partial charge on any atom is -0.371 e. The molecule has 0 heterocycles. The van der Waals surface area contributed by atoms with Crippen LogP contribution >= 0.6 is 0 Å². The van der Waals surface area contributed by atoms with Crippen LogP contribution in [0.2, 0.25) is 0 Å². The van der Waals surface area contributed by atoms with Gasteiger partial charge in [-0.05, 0) is 55.4 Å². The minimum atomic E-state index is -0.241. The van der Waals surface area contributed by atoms with Crippen molar-refractivity contribution >= 4 is 0 Å². The van der Waals surface area contributed by atoms with Gasteiger partial charge in [0.1, 0.15) is 5.82 Å². The third-order valence-corrected chi connectivity index (χ3v) is 3.94. The first-order valence-corrected chi connectivity index (χ1v) is 8.14. The van der Waals surface area contributed by atoms with E-state index in [4.69, 9.17) is 4.74 Å². The van der Waals surface area contributed by atoms with Crippen LogP contribution in [0.3, 0.4) is 0 Å². The molecular weight excluding hydrogens is 287 g/mol. The standard InChI is InChI=1S/C21H27FO/c1-20(2,3)23-15-17-12-10-16(11-13-17)14-21(4,5)18-8-6-7-9-19(18)22/h6-13H,14-15H2,1-5H3. The number of halogens is 1. The molecule has 0 aliphatic heterocycles. The Balaban J connectivity index is 2.07. The maximum Gasteiger partial charge on any atom is 0.126 e. The van der Waals surface area contributed by atoms with Crippen molar-refractivity contribution < 1.29 is 9.13 Å². The first-order chi connectivity index (χ1) is 10.7. The van der Waals surface area contributed by atoms with E-state index in [1.807, 2.05) is 12.1 Å². The zero-order chi connectivity index (χ0) is 17.1. The molecule has 0 bridgehead atoms. The molecule has 23 heavy (non-hydrogen) atoms. The van der Waals surface area contributed by atoms with Gasteiger partial charge < -0.3 is 4.74 Å². The van der Waals surface area contributed by atoms with E-state index in [1.54, 1.807) is 6.07 Å². The zero-order valence-electron chi connectivity index (χ0n) is 14.8. The highest BCUT2D eigenvalue weighted by Gasteiger charge is 2.24. The van der Waals surface area contributed by atoms with Crippen molar-refractivity contribution in [3.8, 4) is 0 Å². The molecule has 0 aliphatic rings. The predicted molar refractivity (Wildman–Crippen MR) is 94.1 cm³/mol.